The zero-order chi connectivity index (χ0) is 20.2. The molecule has 1 aromatic heterocycles. The monoisotopic (exact) mass is 402 g/mol. The topological polar surface area (TPSA) is 62.7 Å². The first-order valence-corrected chi connectivity index (χ1v) is 9.13. The van der Waals surface area contributed by atoms with Crippen LogP contribution in [0.2, 0.25) is 0 Å². The van der Waals surface area contributed by atoms with Crippen LogP contribution < -0.4 is 4.74 Å². The second kappa shape index (κ2) is 8.26. The van der Waals surface area contributed by atoms with Gasteiger partial charge in [0, 0.05) is 30.2 Å². The first-order valence-electron chi connectivity index (χ1n) is 8.25. The van der Waals surface area contributed by atoms with Crippen molar-refractivity contribution in [2.24, 2.45) is 0 Å². The fourth-order valence-corrected chi connectivity index (χ4v) is 3.38. The third-order valence-corrected chi connectivity index (χ3v) is 5.07. The molecule has 0 saturated carbocycles. The first-order chi connectivity index (χ1) is 12.6. The molecule has 1 aromatic carbocycles. The Labute approximate surface area is 159 Å². The van der Waals surface area contributed by atoms with Crippen LogP contribution in [0.25, 0.3) is 0 Å². The molecular formula is C18H21F3N2O3S. The second-order valence-corrected chi connectivity index (χ2v) is 6.98. The molecule has 1 heterocycles. The van der Waals surface area contributed by atoms with E-state index < -0.39 is 29.1 Å². The Balaban J connectivity index is 2.20. The minimum Gasteiger partial charge on any atom is -0.494 e. The van der Waals surface area contributed by atoms with Crippen molar-refractivity contribution in [3.8, 4) is 5.75 Å². The molecule has 2 aromatic rings. The number of aliphatic hydroxyl groups is 1. The van der Waals surface area contributed by atoms with Crippen LogP contribution in [0.1, 0.15) is 29.6 Å². The molecule has 9 heteroatoms. The number of aromatic nitrogens is 1. The van der Waals surface area contributed by atoms with Crippen molar-refractivity contribution in [3.63, 3.8) is 0 Å². The summed E-state index contributed by atoms with van der Waals surface area (Å²) >= 11 is 0.678. The van der Waals surface area contributed by atoms with Gasteiger partial charge in [-0.25, -0.2) is 4.98 Å². The highest BCUT2D eigenvalue weighted by molar-refractivity contribution is 7.09. The minimum absolute atomic E-state index is 0.0554. The van der Waals surface area contributed by atoms with Crippen LogP contribution in [0.5, 0.6) is 5.75 Å². The highest BCUT2D eigenvalue weighted by Crippen LogP contribution is 2.43. The molecule has 0 radical (unpaired) electrons. The van der Waals surface area contributed by atoms with Gasteiger partial charge in [0.1, 0.15) is 10.8 Å². The molecular weight excluding hydrogens is 381 g/mol. The maximum Gasteiger partial charge on any atom is 0.424 e. The maximum atomic E-state index is 13.5. The van der Waals surface area contributed by atoms with Gasteiger partial charge in [-0.05, 0) is 19.9 Å². The van der Waals surface area contributed by atoms with E-state index in [9.17, 15) is 23.1 Å². The number of hydrogen-bond donors (Lipinski definition) is 1. The molecule has 148 valence electrons. The summed E-state index contributed by atoms with van der Waals surface area (Å²) in [5, 5.41) is 11.2. The van der Waals surface area contributed by atoms with E-state index in [-0.39, 0.29) is 6.54 Å². The molecule has 1 atom stereocenters. The molecule has 2 rings (SSSR count). The van der Waals surface area contributed by atoms with E-state index in [1.807, 2.05) is 6.92 Å². The number of benzene rings is 1. The van der Waals surface area contributed by atoms with Gasteiger partial charge in [-0.3, -0.25) is 4.79 Å². The third kappa shape index (κ3) is 4.78. The molecule has 0 bridgehead atoms. The molecule has 5 nitrogen and oxygen atoms in total. The van der Waals surface area contributed by atoms with Gasteiger partial charge in [0.25, 0.3) is 0 Å². The summed E-state index contributed by atoms with van der Waals surface area (Å²) in [7, 11) is 1.38. The quantitative estimate of drug-likeness (QED) is 0.768. The van der Waals surface area contributed by atoms with Gasteiger partial charge in [0.15, 0.2) is 0 Å². The van der Waals surface area contributed by atoms with Crippen molar-refractivity contribution in [2.75, 3.05) is 13.7 Å². The van der Waals surface area contributed by atoms with E-state index in [4.69, 9.17) is 4.74 Å². The summed E-state index contributed by atoms with van der Waals surface area (Å²) in [4.78, 5) is 17.3. The Hall–Kier alpha value is -2.13. The number of nitrogens with zero attached hydrogens (tertiary/aromatic N) is 2. The number of rotatable bonds is 7. The molecule has 0 fully saturated rings. The van der Waals surface area contributed by atoms with Crippen LogP contribution in [0, 0.1) is 6.92 Å². The van der Waals surface area contributed by atoms with Crippen LogP contribution in [0.3, 0.4) is 0 Å². The second-order valence-electron chi connectivity index (χ2n) is 6.12. The molecule has 27 heavy (non-hydrogen) atoms. The smallest absolute Gasteiger partial charge is 0.424 e. The van der Waals surface area contributed by atoms with Crippen molar-refractivity contribution in [1.82, 2.24) is 9.88 Å². The van der Waals surface area contributed by atoms with E-state index in [2.05, 4.69) is 4.98 Å². The van der Waals surface area contributed by atoms with Crippen molar-refractivity contribution in [2.45, 2.75) is 38.6 Å². The van der Waals surface area contributed by atoms with Crippen LogP contribution >= 0.6 is 11.3 Å². The van der Waals surface area contributed by atoms with Gasteiger partial charge < -0.3 is 14.7 Å². The predicted molar refractivity (Wildman–Crippen MR) is 95.5 cm³/mol. The molecule has 1 N–H and O–H groups in total. The van der Waals surface area contributed by atoms with E-state index in [0.717, 1.165) is 4.90 Å². The van der Waals surface area contributed by atoms with E-state index in [1.54, 1.807) is 24.3 Å². The Morgan fingerprint density at radius 3 is 2.56 bits per heavy atom. The third-order valence-electron chi connectivity index (χ3n) is 3.95. The number of amides is 1. The average Bonchev–Trinajstić information content (AvgIpc) is 3.02. The lowest BCUT2D eigenvalue weighted by Crippen LogP contribution is -2.46. The zero-order valence-corrected chi connectivity index (χ0v) is 16.0. The number of alkyl halides is 3. The van der Waals surface area contributed by atoms with Crippen LogP contribution in [0.4, 0.5) is 13.2 Å². The predicted octanol–water partition coefficient (Wildman–Crippen LogP) is 3.65. The Morgan fingerprint density at radius 1 is 1.33 bits per heavy atom. The lowest BCUT2D eigenvalue weighted by Gasteiger charge is -2.30. The highest BCUT2D eigenvalue weighted by atomic mass is 32.1. The number of ether oxygens (including phenoxy) is 1. The summed E-state index contributed by atoms with van der Waals surface area (Å²) in [5.74, 6) is -0.296. The minimum atomic E-state index is -5.03. The molecule has 1 amide bonds. The maximum absolute atomic E-state index is 13.5. The summed E-state index contributed by atoms with van der Waals surface area (Å²) in [5.41, 5.74) is -2.31. The Morgan fingerprint density at radius 2 is 2.00 bits per heavy atom. The molecule has 0 aliphatic carbocycles. The fourth-order valence-electron chi connectivity index (χ4n) is 2.47. The van der Waals surface area contributed by atoms with Crippen molar-refractivity contribution < 1.29 is 27.8 Å². The molecule has 0 saturated heterocycles. The number of carbonyl (C=O) groups excluding carboxylic acids is 1. The first kappa shape index (κ1) is 21.2. The van der Waals surface area contributed by atoms with Crippen molar-refractivity contribution in [1.29, 1.82) is 0 Å². The number of carbonyl (C=O) groups is 1. The standard InChI is InChI=1S/C18H21F3N2O3S/c1-4-26-14-8-6-5-7-13(14)10-23(3)15(24)9-17(25,18(19,20)21)16-22-12(2)11-27-16/h5-8,11,25H,4,9-10H2,1-3H3. The van der Waals surface area contributed by atoms with Crippen LogP contribution in [0.15, 0.2) is 29.6 Å². The van der Waals surface area contributed by atoms with E-state index >= 15 is 0 Å². The SMILES string of the molecule is CCOc1ccccc1CN(C)C(=O)CC(O)(c1nc(C)cs1)C(F)(F)F. The molecule has 1 unspecified atom stereocenters. The molecule has 0 spiro atoms. The van der Waals surface area contributed by atoms with Gasteiger partial charge in [0.2, 0.25) is 11.5 Å². The van der Waals surface area contributed by atoms with Crippen LogP contribution in [-0.4, -0.2) is 40.7 Å². The van der Waals surface area contributed by atoms with Crippen LogP contribution in [-0.2, 0) is 16.9 Å². The average molecular weight is 402 g/mol. The summed E-state index contributed by atoms with van der Waals surface area (Å²) in [6, 6.07) is 6.97. The molecule has 0 aliphatic rings. The zero-order valence-electron chi connectivity index (χ0n) is 15.2. The summed E-state index contributed by atoms with van der Waals surface area (Å²) in [6.07, 6.45) is -6.17. The Bertz CT molecular complexity index is 794. The lowest BCUT2D eigenvalue weighted by atomic mass is 9.98. The number of para-hydroxylation sites is 1. The number of hydrogen-bond acceptors (Lipinski definition) is 5. The normalized spacial score (nSPS) is 13.9. The summed E-state index contributed by atoms with van der Waals surface area (Å²) in [6.45, 7) is 3.81. The highest BCUT2D eigenvalue weighted by Gasteiger charge is 2.58. The van der Waals surface area contributed by atoms with Gasteiger partial charge in [-0.1, -0.05) is 18.2 Å². The van der Waals surface area contributed by atoms with Crippen molar-refractivity contribution in [3.05, 3.63) is 45.9 Å². The largest absolute Gasteiger partial charge is 0.494 e. The van der Waals surface area contributed by atoms with Gasteiger partial charge >= 0.3 is 6.18 Å². The van der Waals surface area contributed by atoms with Gasteiger partial charge in [0.05, 0.1) is 13.0 Å². The van der Waals surface area contributed by atoms with Gasteiger partial charge in [-0.15, -0.1) is 11.3 Å². The lowest BCUT2D eigenvalue weighted by molar-refractivity contribution is -0.268. The fraction of sp³-hybridized carbons (Fsp3) is 0.444. The van der Waals surface area contributed by atoms with E-state index in [0.29, 0.717) is 35.0 Å². The van der Waals surface area contributed by atoms with Crippen molar-refractivity contribution >= 4 is 17.2 Å². The number of thiazole rings is 1. The Kier molecular flexibility index (Phi) is 6.48. The van der Waals surface area contributed by atoms with E-state index in [1.165, 1.54) is 19.4 Å². The number of halogens is 3. The number of aryl methyl sites for hydroxylation is 1. The van der Waals surface area contributed by atoms with Gasteiger partial charge in [-0.2, -0.15) is 13.2 Å². The summed E-state index contributed by atoms with van der Waals surface area (Å²) < 4.78 is 46.1. The molecule has 0 aliphatic heterocycles.